The van der Waals surface area contributed by atoms with Gasteiger partial charge >= 0.3 is 0 Å². The van der Waals surface area contributed by atoms with E-state index in [1.807, 2.05) is 95.8 Å². The van der Waals surface area contributed by atoms with E-state index in [4.69, 9.17) is 9.84 Å². The minimum absolute atomic E-state index is 0.508. The van der Waals surface area contributed by atoms with Gasteiger partial charge in [-0.2, -0.15) is 10.4 Å². The minimum atomic E-state index is 0.508. The highest BCUT2D eigenvalue weighted by atomic mass is 32.1. The molecule has 166 valence electrons. The van der Waals surface area contributed by atoms with Gasteiger partial charge in [-0.3, -0.25) is 0 Å². The second-order valence-corrected chi connectivity index (χ2v) is 8.78. The lowest BCUT2D eigenvalue weighted by atomic mass is 10.1. The Kier molecular flexibility index (Phi) is 6.19. The lowest BCUT2D eigenvalue weighted by molar-refractivity contribution is 0.317. The maximum absolute atomic E-state index is 9.99. The Labute approximate surface area is 202 Å². The van der Waals surface area contributed by atoms with Crippen molar-refractivity contribution in [3.63, 3.8) is 0 Å². The molecule has 0 bridgehead atoms. The number of allylic oxidation sites excluding steroid dienone is 1. The van der Waals surface area contributed by atoms with Crippen molar-refractivity contribution in [3.8, 4) is 28.8 Å². The first kappa shape index (κ1) is 21.6. The predicted molar refractivity (Wildman–Crippen MR) is 138 cm³/mol. The number of hydrogen-bond acceptors (Lipinski definition) is 5. The summed E-state index contributed by atoms with van der Waals surface area (Å²) in [6, 6.07) is 28.1. The molecule has 0 aliphatic rings. The molecule has 34 heavy (non-hydrogen) atoms. The van der Waals surface area contributed by atoms with Crippen LogP contribution in [-0.2, 0) is 0 Å². The largest absolute Gasteiger partial charge is 0.494 e. The Morgan fingerprint density at radius 3 is 2.68 bits per heavy atom. The van der Waals surface area contributed by atoms with Gasteiger partial charge in [0, 0.05) is 17.3 Å². The van der Waals surface area contributed by atoms with Gasteiger partial charge in [-0.05, 0) is 48.9 Å². The van der Waals surface area contributed by atoms with Crippen molar-refractivity contribution in [2.24, 2.45) is 0 Å². The van der Waals surface area contributed by atoms with Crippen molar-refractivity contribution >= 4 is 33.2 Å². The van der Waals surface area contributed by atoms with Gasteiger partial charge in [-0.15, -0.1) is 11.3 Å². The third-order valence-corrected chi connectivity index (χ3v) is 6.36. The van der Waals surface area contributed by atoms with E-state index in [-0.39, 0.29) is 0 Å². The SMILES string of the molecule is CCCOc1cccc(-c2nn(-c3ccccc3)cc2/C=C(/C#N)c2nc3ccccc3s2)c1. The van der Waals surface area contributed by atoms with Gasteiger partial charge in [0.1, 0.15) is 22.5 Å². The van der Waals surface area contributed by atoms with E-state index in [9.17, 15) is 5.26 Å². The molecule has 0 unspecified atom stereocenters. The summed E-state index contributed by atoms with van der Waals surface area (Å²) in [5.74, 6) is 0.801. The molecule has 5 rings (SSSR count). The molecule has 0 amide bonds. The number of nitrogens with zero attached hydrogens (tertiary/aromatic N) is 4. The summed E-state index contributed by atoms with van der Waals surface area (Å²) in [4.78, 5) is 4.68. The summed E-state index contributed by atoms with van der Waals surface area (Å²) in [7, 11) is 0. The van der Waals surface area contributed by atoms with Crippen molar-refractivity contribution in [1.82, 2.24) is 14.8 Å². The monoisotopic (exact) mass is 462 g/mol. The van der Waals surface area contributed by atoms with E-state index in [0.717, 1.165) is 44.9 Å². The molecule has 0 N–H and O–H groups in total. The second-order valence-electron chi connectivity index (χ2n) is 7.75. The molecule has 2 aromatic heterocycles. The van der Waals surface area contributed by atoms with Gasteiger partial charge in [-0.25, -0.2) is 9.67 Å². The van der Waals surface area contributed by atoms with Crippen LogP contribution in [0.4, 0.5) is 0 Å². The highest BCUT2D eigenvalue weighted by Gasteiger charge is 2.15. The Balaban J connectivity index is 1.63. The first-order chi connectivity index (χ1) is 16.7. The van der Waals surface area contributed by atoms with Gasteiger partial charge in [0.2, 0.25) is 0 Å². The van der Waals surface area contributed by atoms with E-state index >= 15 is 0 Å². The zero-order valence-electron chi connectivity index (χ0n) is 18.7. The average molecular weight is 463 g/mol. The molecule has 0 aliphatic carbocycles. The highest BCUT2D eigenvalue weighted by molar-refractivity contribution is 7.19. The summed E-state index contributed by atoms with van der Waals surface area (Å²) in [5, 5.41) is 15.6. The maximum atomic E-state index is 9.99. The number of hydrogen-bond donors (Lipinski definition) is 0. The van der Waals surface area contributed by atoms with E-state index in [1.165, 1.54) is 11.3 Å². The molecule has 0 radical (unpaired) electrons. The standard InChI is InChI=1S/C28H22N4OS/c1-2-15-33-24-12-8-9-20(17-24)27-22(19-32(31-27)23-10-4-3-5-11-23)16-21(18-29)28-30-25-13-6-7-14-26(25)34-28/h3-14,16-17,19H,2,15H2,1H3/b21-16-. The van der Waals surface area contributed by atoms with Crippen molar-refractivity contribution in [3.05, 3.63) is 95.6 Å². The topological polar surface area (TPSA) is 63.7 Å². The Morgan fingerprint density at radius 2 is 1.88 bits per heavy atom. The number of nitriles is 1. The van der Waals surface area contributed by atoms with Crippen LogP contribution in [0.5, 0.6) is 5.75 Å². The Hall–Kier alpha value is -4.21. The third-order valence-electron chi connectivity index (χ3n) is 5.29. The summed E-state index contributed by atoms with van der Waals surface area (Å²) in [6.07, 6.45) is 4.77. The lowest BCUT2D eigenvalue weighted by Gasteiger charge is -2.06. The van der Waals surface area contributed by atoms with Gasteiger partial charge in [0.15, 0.2) is 0 Å². The van der Waals surface area contributed by atoms with Crippen molar-refractivity contribution in [1.29, 1.82) is 5.26 Å². The number of thiazole rings is 1. The van der Waals surface area contributed by atoms with Crippen LogP contribution in [0, 0.1) is 11.3 Å². The summed E-state index contributed by atoms with van der Waals surface area (Å²) in [5.41, 5.74) is 4.89. The van der Waals surface area contributed by atoms with Crippen LogP contribution in [0.1, 0.15) is 23.9 Å². The zero-order valence-corrected chi connectivity index (χ0v) is 19.5. The number of benzene rings is 3. The molecule has 0 atom stereocenters. The van der Waals surface area contributed by atoms with E-state index < -0.39 is 0 Å². The number of rotatable bonds is 7. The molecule has 0 spiro atoms. The Bertz CT molecular complexity index is 1480. The molecule has 3 aromatic carbocycles. The van der Waals surface area contributed by atoms with E-state index in [2.05, 4.69) is 18.0 Å². The molecule has 0 fully saturated rings. The smallest absolute Gasteiger partial charge is 0.135 e. The molecular weight excluding hydrogens is 440 g/mol. The lowest BCUT2D eigenvalue weighted by Crippen LogP contribution is -1.96. The minimum Gasteiger partial charge on any atom is -0.494 e. The fourth-order valence-corrected chi connectivity index (χ4v) is 4.60. The van der Waals surface area contributed by atoms with Crippen LogP contribution >= 0.6 is 11.3 Å². The number of para-hydroxylation sites is 2. The molecule has 0 saturated heterocycles. The molecule has 2 heterocycles. The quantitative estimate of drug-likeness (QED) is 0.244. The molecule has 6 heteroatoms. The van der Waals surface area contributed by atoms with E-state index in [0.29, 0.717) is 17.2 Å². The van der Waals surface area contributed by atoms with Crippen LogP contribution in [0.3, 0.4) is 0 Å². The zero-order chi connectivity index (χ0) is 23.3. The van der Waals surface area contributed by atoms with Crippen molar-refractivity contribution in [2.45, 2.75) is 13.3 Å². The number of aromatic nitrogens is 3. The van der Waals surface area contributed by atoms with Gasteiger partial charge in [0.25, 0.3) is 0 Å². The summed E-state index contributed by atoms with van der Waals surface area (Å²) in [6.45, 7) is 2.74. The van der Waals surface area contributed by atoms with Crippen LogP contribution in [-0.4, -0.2) is 21.4 Å². The Morgan fingerprint density at radius 1 is 1.06 bits per heavy atom. The first-order valence-corrected chi connectivity index (χ1v) is 11.9. The molecule has 5 aromatic rings. The van der Waals surface area contributed by atoms with Crippen molar-refractivity contribution in [2.75, 3.05) is 6.61 Å². The number of fused-ring (bicyclic) bond motifs is 1. The van der Waals surface area contributed by atoms with Gasteiger partial charge in [0.05, 0.1) is 28.1 Å². The van der Waals surface area contributed by atoms with Crippen molar-refractivity contribution < 1.29 is 4.74 Å². The van der Waals surface area contributed by atoms with E-state index in [1.54, 1.807) is 0 Å². The summed E-state index contributed by atoms with van der Waals surface area (Å²) >= 11 is 1.52. The number of ether oxygens (including phenoxy) is 1. The molecule has 0 aliphatic heterocycles. The van der Waals surface area contributed by atoms with Gasteiger partial charge < -0.3 is 4.74 Å². The second kappa shape index (κ2) is 9.74. The predicted octanol–water partition coefficient (Wildman–Crippen LogP) is 7.00. The average Bonchev–Trinajstić information content (AvgIpc) is 3.51. The van der Waals surface area contributed by atoms with Gasteiger partial charge in [-0.1, -0.05) is 49.4 Å². The maximum Gasteiger partial charge on any atom is 0.135 e. The van der Waals surface area contributed by atoms with Crippen LogP contribution in [0.15, 0.2) is 85.1 Å². The van der Waals surface area contributed by atoms with Crippen LogP contribution in [0.25, 0.3) is 38.8 Å². The summed E-state index contributed by atoms with van der Waals surface area (Å²) < 4.78 is 8.74. The fraction of sp³-hybridized carbons (Fsp3) is 0.107. The molecule has 5 nitrogen and oxygen atoms in total. The molecular formula is C28H22N4OS. The first-order valence-electron chi connectivity index (χ1n) is 11.1. The fourth-order valence-electron chi connectivity index (χ4n) is 3.67. The normalized spacial score (nSPS) is 11.5. The third kappa shape index (κ3) is 4.47. The van der Waals surface area contributed by atoms with Crippen LogP contribution in [0.2, 0.25) is 0 Å². The van der Waals surface area contributed by atoms with Crippen LogP contribution < -0.4 is 4.74 Å². The molecule has 0 saturated carbocycles. The highest BCUT2D eigenvalue weighted by Crippen LogP contribution is 2.32.